The summed E-state index contributed by atoms with van der Waals surface area (Å²) in [4.78, 5) is 0. The second-order valence-corrected chi connectivity index (χ2v) is 4.24. The number of nitrogens with two attached hydrogens (primary N) is 1. The first-order valence-electron chi connectivity index (χ1n) is 4.69. The third-order valence-electron chi connectivity index (χ3n) is 2.31. The molecule has 84 valence electrons. The second kappa shape index (κ2) is 4.17. The largest absolute Gasteiger partial charge is 0.495 e. The van der Waals surface area contributed by atoms with Gasteiger partial charge in [0.2, 0.25) is 5.88 Å². The van der Waals surface area contributed by atoms with Crippen LogP contribution < -0.4 is 10.5 Å². The van der Waals surface area contributed by atoms with Crippen LogP contribution in [0.3, 0.4) is 0 Å². The van der Waals surface area contributed by atoms with Crippen molar-refractivity contribution in [3.63, 3.8) is 0 Å². The fourth-order valence-corrected chi connectivity index (χ4v) is 2.07. The summed E-state index contributed by atoms with van der Waals surface area (Å²) < 4.78 is 11.1. The number of aryl methyl sites for hydroxylation is 1. The Morgan fingerprint density at radius 3 is 2.75 bits per heavy atom. The van der Waals surface area contributed by atoms with Crippen LogP contribution >= 0.6 is 15.9 Å². The zero-order valence-corrected chi connectivity index (χ0v) is 10.5. The molecule has 16 heavy (non-hydrogen) atoms. The first-order valence-corrected chi connectivity index (χ1v) is 5.48. The number of hydrogen-bond donors (Lipinski definition) is 1. The molecule has 2 aromatic rings. The highest BCUT2D eigenvalue weighted by Crippen LogP contribution is 2.38. The van der Waals surface area contributed by atoms with E-state index >= 15 is 0 Å². The molecule has 0 spiro atoms. The van der Waals surface area contributed by atoms with Crippen molar-refractivity contribution in [1.82, 2.24) is 5.16 Å². The van der Waals surface area contributed by atoms with Crippen LogP contribution in [0.2, 0.25) is 0 Å². The standard InChI is InChI=1S/C11H11BrN2O2/c1-6-3-4-7(12)11(15-2)10(6)8-5-9(13)16-14-8/h3-5H,13H2,1-2H3. The molecule has 1 aromatic carbocycles. The van der Waals surface area contributed by atoms with Crippen LogP contribution in [-0.2, 0) is 0 Å². The molecule has 4 nitrogen and oxygen atoms in total. The van der Waals surface area contributed by atoms with E-state index in [0.29, 0.717) is 5.69 Å². The topological polar surface area (TPSA) is 61.3 Å². The summed E-state index contributed by atoms with van der Waals surface area (Å²) in [7, 11) is 1.62. The monoisotopic (exact) mass is 282 g/mol. The quantitative estimate of drug-likeness (QED) is 0.920. The molecule has 0 radical (unpaired) electrons. The van der Waals surface area contributed by atoms with E-state index in [2.05, 4.69) is 21.1 Å². The summed E-state index contributed by atoms with van der Waals surface area (Å²) in [5.74, 6) is 1.02. The predicted octanol–water partition coefficient (Wildman–Crippen LogP) is 3.00. The predicted molar refractivity (Wildman–Crippen MR) is 65.3 cm³/mol. The lowest BCUT2D eigenvalue weighted by molar-refractivity contribution is 0.411. The molecule has 0 fully saturated rings. The molecular weight excluding hydrogens is 272 g/mol. The highest BCUT2D eigenvalue weighted by atomic mass is 79.9. The van der Waals surface area contributed by atoms with E-state index in [1.807, 2.05) is 19.1 Å². The molecule has 0 aliphatic heterocycles. The van der Waals surface area contributed by atoms with Crippen molar-refractivity contribution in [3.05, 3.63) is 28.2 Å². The number of rotatable bonds is 2. The average molecular weight is 283 g/mol. The highest BCUT2D eigenvalue weighted by Gasteiger charge is 2.15. The molecule has 2 N–H and O–H groups in total. The third-order valence-corrected chi connectivity index (χ3v) is 2.93. The lowest BCUT2D eigenvalue weighted by Crippen LogP contribution is -1.92. The number of ether oxygens (including phenoxy) is 1. The van der Waals surface area contributed by atoms with Gasteiger partial charge in [-0.25, -0.2) is 0 Å². The summed E-state index contributed by atoms with van der Waals surface area (Å²) in [5.41, 5.74) is 8.12. The third kappa shape index (κ3) is 1.78. The molecule has 0 unspecified atom stereocenters. The van der Waals surface area contributed by atoms with Crippen LogP contribution in [-0.4, -0.2) is 12.3 Å². The molecule has 0 atom stereocenters. The molecule has 0 aliphatic rings. The van der Waals surface area contributed by atoms with Crippen LogP contribution in [0.5, 0.6) is 5.75 Å². The summed E-state index contributed by atoms with van der Waals surface area (Å²) in [6, 6.07) is 5.59. The van der Waals surface area contributed by atoms with Gasteiger partial charge in [0.05, 0.1) is 11.6 Å². The van der Waals surface area contributed by atoms with Crippen molar-refractivity contribution in [2.24, 2.45) is 0 Å². The van der Waals surface area contributed by atoms with E-state index in [-0.39, 0.29) is 5.88 Å². The molecular formula is C11H11BrN2O2. The lowest BCUT2D eigenvalue weighted by Gasteiger charge is -2.10. The molecule has 0 amide bonds. The van der Waals surface area contributed by atoms with Crippen LogP contribution in [0.25, 0.3) is 11.3 Å². The first kappa shape index (κ1) is 11.0. The van der Waals surface area contributed by atoms with E-state index in [4.69, 9.17) is 15.0 Å². The number of hydrogen-bond acceptors (Lipinski definition) is 4. The van der Waals surface area contributed by atoms with Crippen LogP contribution in [0, 0.1) is 6.92 Å². The number of nitrogens with zero attached hydrogens (tertiary/aromatic N) is 1. The van der Waals surface area contributed by atoms with Crippen molar-refractivity contribution < 1.29 is 9.26 Å². The van der Waals surface area contributed by atoms with Gasteiger partial charge in [0, 0.05) is 11.6 Å². The Hall–Kier alpha value is -1.49. The molecule has 1 aromatic heterocycles. The van der Waals surface area contributed by atoms with Crippen molar-refractivity contribution in [2.75, 3.05) is 12.8 Å². The Morgan fingerprint density at radius 1 is 1.44 bits per heavy atom. The number of benzene rings is 1. The Bertz CT molecular complexity index is 523. The minimum absolute atomic E-state index is 0.288. The van der Waals surface area contributed by atoms with Gasteiger partial charge in [-0.05, 0) is 34.5 Å². The normalized spacial score (nSPS) is 10.4. The number of nitrogen functional groups attached to an aromatic ring is 1. The minimum Gasteiger partial charge on any atom is -0.495 e. The number of aromatic nitrogens is 1. The molecule has 0 saturated heterocycles. The van der Waals surface area contributed by atoms with Crippen LogP contribution in [0.1, 0.15) is 5.56 Å². The van der Waals surface area contributed by atoms with Gasteiger partial charge < -0.3 is 15.0 Å². The van der Waals surface area contributed by atoms with E-state index in [9.17, 15) is 0 Å². The average Bonchev–Trinajstić information content (AvgIpc) is 2.67. The fraction of sp³-hybridized carbons (Fsp3) is 0.182. The van der Waals surface area contributed by atoms with Gasteiger partial charge in [0.25, 0.3) is 0 Å². The Kier molecular flexibility index (Phi) is 2.87. The van der Waals surface area contributed by atoms with Crippen molar-refractivity contribution >= 4 is 21.8 Å². The zero-order valence-electron chi connectivity index (χ0n) is 8.95. The van der Waals surface area contributed by atoms with Crippen LogP contribution in [0.15, 0.2) is 27.2 Å². The maximum atomic E-state index is 5.51. The van der Waals surface area contributed by atoms with E-state index in [1.54, 1.807) is 13.2 Å². The van der Waals surface area contributed by atoms with Gasteiger partial charge in [-0.15, -0.1) is 0 Å². The molecule has 0 aliphatic carbocycles. The van der Waals surface area contributed by atoms with Crippen molar-refractivity contribution in [2.45, 2.75) is 6.92 Å². The van der Waals surface area contributed by atoms with E-state index in [1.165, 1.54) is 0 Å². The van der Waals surface area contributed by atoms with Gasteiger partial charge >= 0.3 is 0 Å². The Morgan fingerprint density at radius 2 is 2.19 bits per heavy atom. The SMILES string of the molecule is COc1c(Br)ccc(C)c1-c1cc(N)on1. The Labute approximate surface area is 102 Å². The van der Waals surface area contributed by atoms with Crippen molar-refractivity contribution in [1.29, 1.82) is 0 Å². The zero-order chi connectivity index (χ0) is 11.7. The smallest absolute Gasteiger partial charge is 0.222 e. The fourth-order valence-electron chi connectivity index (χ4n) is 1.58. The number of halogens is 1. The highest BCUT2D eigenvalue weighted by molar-refractivity contribution is 9.10. The van der Waals surface area contributed by atoms with E-state index in [0.717, 1.165) is 21.3 Å². The first-order chi connectivity index (χ1) is 7.63. The molecule has 2 rings (SSSR count). The number of methoxy groups -OCH3 is 1. The minimum atomic E-state index is 0.288. The Balaban J connectivity index is 2.67. The maximum absolute atomic E-state index is 5.51. The molecule has 1 heterocycles. The van der Waals surface area contributed by atoms with Gasteiger partial charge in [0.15, 0.2) is 0 Å². The van der Waals surface area contributed by atoms with Gasteiger partial charge in [0.1, 0.15) is 11.4 Å². The summed E-state index contributed by atoms with van der Waals surface area (Å²) in [5, 5.41) is 3.90. The van der Waals surface area contributed by atoms with E-state index < -0.39 is 0 Å². The van der Waals surface area contributed by atoms with Gasteiger partial charge in [-0.3, -0.25) is 0 Å². The van der Waals surface area contributed by atoms with Crippen LogP contribution in [0.4, 0.5) is 5.88 Å². The maximum Gasteiger partial charge on any atom is 0.222 e. The van der Waals surface area contributed by atoms with Gasteiger partial charge in [-0.2, -0.15) is 0 Å². The van der Waals surface area contributed by atoms with Crippen molar-refractivity contribution in [3.8, 4) is 17.0 Å². The number of anilines is 1. The molecule has 0 bridgehead atoms. The second-order valence-electron chi connectivity index (χ2n) is 3.39. The lowest BCUT2D eigenvalue weighted by atomic mass is 10.0. The summed E-state index contributed by atoms with van der Waals surface area (Å²) in [6.45, 7) is 1.98. The molecule has 5 heteroatoms. The molecule has 0 saturated carbocycles. The van der Waals surface area contributed by atoms with Gasteiger partial charge in [-0.1, -0.05) is 11.2 Å². The summed E-state index contributed by atoms with van der Waals surface area (Å²) in [6.07, 6.45) is 0. The summed E-state index contributed by atoms with van der Waals surface area (Å²) >= 11 is 3.43.